The Labute approximate surface area is 182 Å². The van der Waals surface area contributed by atoms with Gasteiger partial charge in [-0.15, -0.1) is 11.3 Å². The van der Waals surface area contributed by atoms with Crippen LogP contribution in [0.15, 0.2) is 36.4 Å². The van der Waals surface area contributed by atoms with Crippen LogP contribution >= 0.6 is 11.3 Å². The molecule has 0 radical (unpaired) electrons. The lowest BCUT2D eigenvalue weighted by Crippen LogP contribution is -2.23. The van der Waals surface area contributed by atoms with E-state index < -0.39 is 11.6 Å². The molecular weight excluding hydrogens is 396 g/mol. The summed E-state index contributed by atoms with van der Waals surface area (Å²) in [5, 5.41) is 13.9. The summed E-state index contributed by atoms with van der Waals surface area (Å²) in [6.07, 6.45) is 0.891. The number of hydrogen-bond acceptors (Lipinski definition) is 5. The number of aliphatic carboxylic acids is 1. The van der Waals surface area contributed by atoms with Crippen molar-refractivity contribution in [1.82, 2.24) is 4.98 Å². The number of fused-ring (bicyclic) bond motifs is 1. The number of carbonyl (C=O) groups is 1. The van der Waals surface area contributed by atoms with Crippen LogP contribution in [-0.2, 0) is 15.1 Å². The second-order valence-corrected chi connectivity index (χ2v) is 9.23. The Bertz CT molecular complexity index is 1040. The molecule has 3 aromatic rings. The Hall–Kier alpha value is -2.44. The molecule has 0 bridgehead atoms. The highest BCUT2D eigenvalue weighted by Gasteiger charge is 2.25. The quantitative estimate of drug-likeness (QED) is 0.404. The van der Waals surface area contributed by atoms with Crippen LogP contribution in [0.2, 0.25) is 0 Å². The topological polar surface area (TPSA) is 71.5 Å². The fourth-order valence-corrected chi connectivity index (χ4v) is 4.73. The van der Waals surface area contributed by atoms with Gasteiger partial charge in [0.05, 0.1) is 27.2 Å². The van der Waals surface area contributed by atoms with Crippen molar-refractivity contribution in [3.63, 3.8) is 0 Å². The van der Waals surface area contributed by atoms with Crippen LogP contribution in [0.3, 0.4) is 0 Å². The molecule has 2 N–H and O–H groups in total. The van der Waals surface area contributed by atoms with Crippen molar-refractivity contribution in [2.75, 3.05) is 11.9 Å². The lowest BCUT2D eigenvalue weighted by molar-refractivity contribution is -0.137. The van der Waals surface area contributed by atoms with Gasteiger partial charge in [-0.25, -0.2) is 4.98 Å². The van der Waals surface area contributed by atoms with Crippen LogP contribution in [0.25, 0.3) is 10.2 Å². The molecule has 6 heteroatoms. The predicted octanol–water partition coefficient (Wildman–Crippen LogP) is 6.59. The molecule has 0 spiro atoms. The first-order valence-corrected chi connectivity index (χ1v) is 11.2. The maximum atomic E-state index is 11.3. The summed E-state index contributed by atoms with van der Waals surface area (Å²) in [6.45, 7) is 10.7. The molecular formula is C24H30N2O3S. The van der Waals surface area contributed by atoms with Crippen molar-refractivity contribution in [3.8, 4) is 0 Å². The van der Waals surface area contributed by atoms with Gasteiger partial charge in [-0.05, 0) is 69.9 Å². The van der Waals surface area contributed by atoms with E-state index in [0.717, 1.165) is 44.1 Å². The highest BCUT2D eigenvalue weighted by atomic mass is 32.1. The van der Waals surface area contributed by atoms with Crippen molar-refractivity contribution >= 4 is 38.9 Å². The Morgan fingerprint density at radius 1 is 1.23 bits per heavy atom. The number of nitrogens with one attached hydrogen (secondary N) is 1. The van der Waals surface area contributed by atoms with Gasteiger partial charge in [-0.2, -0.15) is 0 Å². The third-order valence-corrected chi connectivity index (χ3v) is 6.29. The fraction of sp³-hybridized carbons (Fsp3) is 0.417. The minimum Gasteiger partial charge on any atom is -0.481 e. The maximum Gasteiger partial charge on any atom is 0.303 e. The molecule has 0 saturated carbocycles. The van der Waals surface area contributed by atoms with E-state index in [-0.39, 0.29) is 12.3 Å². The zero-order valence-electron chi connectivity index (χ0n) is 18.3. The molecule has 30 heavy (non-hydrogen) atoms. The number of carboxylic acid groups (broad SMARTS) is 1. The van der Waals surface area contributed by atoms with Crippen LogP contribution in [0.4, 0.5) is 11.4 Å². The number of nitrogens with zero attached hydrogens (tertiary/aromatic N) is 1. The smallest absolute Gasteiger partial charge is 0.303 e. The highest BCUT2D eigenvalue weighted by Crippen LogP contribution is 2.37. The number of aryl methyl sites for hydroxylation is 1. The lowest BCUT2D eigenvalue weighted by atomic mass is 9.88. The summed E-state index contributed by atoms with van der Waals surface area (Å²) in [7, 11) is 0. The molecule has 0 aliphatic carbocycles. The van der Waals surface area contributed by atoms with E-state index in [9.17, 15) is 9.90 Å². The van der Waals surface area contributed by atoms with E-state index in [2.05, 4.69) is 42.3 Å². The second kappa shape index (κ2) is 9.14. The fourth-order valence-electron chi connectivity index (χ4n) is 3.86. The first kappa shape index (κ1) is 22.2. The van der Waals surface area contributed by atoms with Crippen LogP contribution in [0, 0.1) is 6.92 Å². The van der Waals surface area contributed by atoms with E-state index in [1.165, 1.54) is 0 Å². The molecule has 5 nitrogen and oxygen atoms in total. The normalized spacial score (nSPS) is 12.8. The number of hydrogen-bond donors (Lipinski definition) is 2. The van der Waals surface area contributed by atoms with Crippen LogP contribution in [0.1, 0.15) is 62.6 Å². The Morgan fingerprint density at radius 3 is 2.67 bits per heavy atom. The lowest BCUT2D eigenvalue weighted by Gasteiger charge is -2.29. The van der Waals surface area contributed by atoms with Gasteiger partial charge in [-0.1, -0.05) is 19.1 Å². The molecule has 3 rings (SSSR count). The number of carboxylic acids is 1. The van der Waals surface area contributed by atoms with Gasteiger partial charge in [0, 0.05) is 23.5 Å². The number of anilines is 2. The van der Waals surface area contributed by atoms with Gasteiger partial charge in [0.15, 0.2) is 0 Å². The van der Waals surface area contributed by atoms with Crippen molar-refractivity contribution < 1.29 is 14.6 Å². The van der Waals surface area contributed by atoms with Crippen LogP contribution in [-0.4, -0.2) is 22.7 Å². The summed E-state index contributed by atoms with van der Waals surface area (Å²) >= 11 is 1.67. The van der Waals surface area contributed by atoms with E-state index in [1.54, 1.807) is 11.3 Å². The number of rotatable bonds is 9. The van der Waals surface area contributed by atoms with Gasteiger partial charge >= 0.3 is 5.97 Å². The first-order chi connectivity index (χ1) is 14.2. The number of benzene rings is 2. The van der Waals surface area contributed by atoms with Crippen molar-refractivity contribution in [1.29, 1.82) is 0 Å². The Balaban J connectivity index is 2.04. The molecule has 0 aliphatic heterocycles. The average molecular weight is 427 g/mol. The van der Waals surface area contributed by atoms with E-state index in [4.69, 9.17) is 4.74 Å². The molecule has 0 amide bonds. The molecule has 0 aliphatic rings. The minimum atomic E-state index is -0.777. The van der Waals surface area contributed by atoms with E-state index in [0.29, 0.717) is 6.61 Å². The maximum absolute atomic E-state index is 11.3. The van der Waals surface area contributed by atoms with E-state index >= 15 is 0 Å². The number of thiazole rings is 1. The standard InChI is InChI=1S/C24H30N2O3S/c1-6-16(13-23(27)28)17-8-10-19(24(4,5)29-7-2)21(12-17)26-18-9-11-20-22(14-18)30-15(3)25-20/h8-12,14,16,26H,6-7,13H2,1-5H3,(H,27,28)/t16-/m0/s1. The van der Waals surface area contributed by atoms with Crippen molar-refractivity contribution in [2.45, 2.75) is 59.0 Å². The average Bonchev–Trinajstić information content (AvgIpc) is 3.05. The minimum absolute atomic E-state index is 0.0288. The summed E-state index contributed by atoms with van der Waals surface area (Å²) in [5.74, 6) is -0.806. The Morgan fingerprint density at radius 2 is 2.00 bits per heavy atom. The molecule has 1 aromatic heterocycles. The number of aromatic nitrogens is 1. The summed E-state index contributed by atoms with van der Waals surface area (Å²) in [6, 6.07) is 12.3. The van der Waals surface area contributed by atoms with Gasteiger partial charge in [-0.3, -0.25) is 4.79 Å². The molecule has 0 saturated heterocycles. The van der Waals surface area contributed by atoms with Gasteiger partial charge < -0.3 is 15.2 Å². The van der Waals surface area contributed by atoms with Crippen molar-refractivity contribution in [3.05, 3.63) is 52.5 Å². The van der Waals surface area contributed by atoms with Crippen molar-refractivity contribution in [2.24, 2.45) is 0 Å². The molecule has 0 fully saturated rings. The largest absolute Gasteiger partial charge is 0.481 e. The number of ether oxygens (including phenoxy) is 1. The zero-order valence-corrected chi connectivity index (χ0v) is 19.1. The molecule has 160 valence electrons. The predicted molar refractivity (Wildman–Crippen MR) is 124 cm³/mol. The first-order valence-electron chi connectivity index (χ1n) is 10.4. The van der Waals surface area contributed by atoms with Gasteiger partial charge in [0.1, 0.15) is 0 Å². The third-order valence-electron chi connectivity index (χ3n) is 5.36. The molecule has 1 heterocycles. The van der Waals surface area contributed by atoms with E-state index in [1.807, 2.05) is 39.0 Å². The van der Waals surface area contributed by atoms with Gasteiger partial charge in [0.25, 0.3) is 0 Å². The third kappa shape index (κ3) is 4.99. The summed E-state index contributed by atoms with van der Waals surface area (Å²) < 4.78 is 7.15. The molecule has 1 atom stereocenters. The molecule has 0 unspecified atom stereocenters. The van der Waals surface area contributed by atoms with Crippen LogP contribution in [0.5, 0.6) is 0 Å². The Kier molecular flexibility index (Phi) is 6.78. The van der Waals surface area contributed by atoms with Crippen LogP contribution < -0.4 is 5.32 Å². The highest BCUT2D eigenvalue weighted by molar-refractivity contribution is 7.18. The van der Waals surface area contributed by atoms with Gasteiger partial charge in [0.2, 0.25) is 0 Å². The summed E-state index contributed by atoms with van der Waals surface area (Å²) in [5.41, 5.74) is 4.50. The monoisotopic (exact) mass is 426 g/mol. The SMILES string of the molecule is CCOC(C)(C)c1ccc([C@@H](CC)CC(=O)O)cc1Nc1ccc2nc(C)sc2c1. The zero-order chi connectivity index (χ0) is 21.9. The summed E-state index contributed by atoms with van der Waals surface area (Å²) in [4.78, 5) is 15.8. The molecule has 2 aromatic carbocycles. The second-order valence-electron chi connectivity index (χ2n) is 7.99.